The molecule has 2 rings (SSSR count). The summed E-state index contributed by atoms with van der Waals surface area (Å²) in [6.07, 6.45) is 0.753. The topological polar surface area (TPSA) is 63.4 Å². The summed E-state index contributed by atoms with van der Waals surface area (Å²) in [6.45, 7) is 1.71. The first-order valence-corrected chi connectivity index (χ1v) is 6.66. The van der Waals surface area contributed by atoms with Crippen molar-refractivity contribution in [2.45, 2.75) is 6.42 Å². The molecule has 0 aliphatic carbocycles. The van der Waals surface area contributed by atoms with Crippen molar-refractivity contribution in [2.75, 3.05) is 19.6 Å². The van der Waals surface area contributed by atoms with Gasteiger partial charge in [0.15, 0.2) is 5.78 Å². The largest absolute Gasteiger partial charge is 0.369 e. The molecule has 1 amide bonds. The number of carbonyl (C=O) groups excluding carboxylic acids is 2. The highest BCUT2D eigenvalue weighted by molar-refractivity contribution is 9.10. The molecule has 18 heavy (non-hydrogen) atoms. The Bertz CT molecular complexity index is 459. The van der Waals surface area contributed by atoms with E-state index in [4.69, 9.17) is 5.73 Å². The highest BCUT2D eigenvalue weighted by Crippen LogP contribution is 2.17. The van der Waals surface area contributed by atoms with E-state index < -0.39 is 0 Å². The molecule has 96 valence electrons. The first-order valence-electron chi connectivity index (χ1n) is 5.86. The van der Waals surface area contributed by atoms with Crippen molar-refractivity contribution in [1.82, 2.24) is 4.90 Å². The number of halogens is 1. The zero-order valence-electron chi connectivity index (χ0n) is 9.93. The van der Waals surface area contributed by atoms with Crippen LogP contribution in [0.5, 0.6) is 0 Å². The van der Waals surface area contributed by atoms with Gasteiger partial charge in [0.05, 0.1) is 12.5 Å². The Morgan fingerprint density at radius 1 is 1.33 bits per heavy atom. The minimum atomic E-state index is -0.270. The van der Waals surface area contributed by atoms with Crippen molar-refractivity contribution in [1.29, 1.82) is 0 Å². The SMILES string of the molecule is NC(=O)C1CCN(CC(=O)c2ccc(Br)cc2)C1. The van der Waals surface area contributed by atoms with Crippen LogP contribution in [0.25, 0.3) is 0 Å². The lowest BCUT2D eigenvalue weighted by molar-refractivity contribution is -0.121. The van der Waals surface area contributed by atoms with Gasteiger partial charge in [0.25, 0.3) is 0 Å². The summed E-state index contributed by atoms with van der Waals surface area (Å²) in [4.78, 5) is 25.0. The summed E-state index contributed by atoms with van der Waals surface area (Å²) >= 11 is 3.33. The van der Waals surface area contributed by atoms with E-state index in [0.29, 0.717) is 18.7 Å². The molecule has 1 saturated heterocycles. The fourth-order valence-electron chi connectivity index (χ4n) is 2.14. The van der Waals surface area contributed by atoms with Crippen LogP contribution in [0, 0.1) is 5.92 Å². The van der Waals surface area contributed by atoms with Crippen LogP contribution in [-0.4, -0.2) is 36.2 Å². The molecule has 0 radical (unpaired) electrons. The second-order valence-corrected chi connectivity index (χ2v) is 5.47. The second-order valence-electron chi connectivity index (χ2n) is 4.55. The van der Waals surface area contributed by atoms with Gasteiger partial charge in [-0.05, 0) is 25.1 Å². The van der Waals surface area contributed by atoms with Crippen molar-refractivity contribution in [2.24, 2.45) is 11.7 Å². The predicted octanol–water partition coefficient (Wildman–Crippen LogP) is 1.44. The molecule has 0 saturated carbocycles. The van der Waals surface area contributed by atoms with Crippen molar-refractivity contribution in [3.8, 4) is 0 Å². The van der Waals surface area contributed by atoms with Crippen LogP contribution >= 0.6 is 15.9 Å². The summed E-state index contributed by atoms with van der Waals surface area (Å²) in [5.74, 6) is -0.302. The van der Waals surface area contributed by atoms with Gasteiger partial charge in [-0.1, -0.05) is 28.1 Å². The van der Waals surface area contributed by atoms with Crippen molar-refractivity contribution in [3.63, 3.8) is 0 Å². The quantitative estimate of drug-likeness (QED) is 0.856. The number of nitrogens with two attached hydrogens (primary N) is 1. The Balaban J connectivity index is 1.92. The van der Waals surface area contributed by atoms with Gasteiger partial charge >= 0.3 is 0 Å². The Hall–Kier alpha value is -1.20. The molecule has 2 N–H and O–H groups in total. The average Bonchev–Trinajstić information content (AvgIpc) is 2.78. The Kier molecular flexibility index (Phi) is 4.14. The number of Topliss-reactive ketones (excluding diaryl/α,β-unsaturated/α-hetero) is 1. The number of hydrogen-bond donors (Lipinski definition) is 1. The molecule has 0 aromatic heterocycles. The fourth-order valence-corrected chi connectivity index (χ4v) is 2.40. The normalized spacial score (nSPS) is 19.9. The molecule has 1 fully saturated rings. The average molecular weight is 311 g/mol. The molecule has 1 aromatic carbocycles. The summed E-state index contributed by atoms with van der Waals surface area (Å²) in [5.41, 5.74) is 5.96. The van der Waals surface area contributed by atoms with Crippen LogP contribution in [0.15, 0.2) is 28.7 Å². The van der Waals surface area contributed by atoms with E-state index in [1.165, 1.54) is 0 Å². The number of primary amides is 1. The third-order valence-electron chi connectivity index (χ3n) is 3.21. The molecule has 5 heteroatoms. The summed E-state index contributed by atoms with van der Waals surface area (Å²) in [7, 11) is 0. The molecule has 1 unspecified atom stereocenters. The first kappa shape index (κ1) is 13.2. The Morgan fingerprint density at radius 3 is 2.56 bits per heavy atom. The van der Waals surface area contributed by atoms with E-state index in [9.17, 15) is 9.59 Å². The number of ketones is 1. The smallest absolute Gasteiger partial charge is 0.221 e. The lowest BCUT2D eigenvalue weighted by Gasteiger charge is -2.14. The maximum atomic E-state index is 12.0. The monoisotopic (exact) mass is 310 g/mol. The van der Waals surface area contributed by atoms with Gasteiger partial charge in [0, 0.05) is 16.6 Å². The third-order valence-corrected chi connectivity index (χ3v) is 3.74. The Labute approximate surface area is 114 Å². The first-order chi connectivity index (χ1) is 8.56. The molecular formula is C13H15BrN2O2. The minimum absolute atomic E-state index is 0.0765. The molecule has 1 heterocycles. The van der Waals surface area contributed by atoms with E-state index in [0.717, 1.165) is 17.4 Å². The van der Waals surface area contributed by atoms with Crippen LogP contribution in [0.2, 0.25) is 0 Å². The molecule has 4 nitrogen and oxygen atoms in total. The van der Waals surface area contributed by atoms with E-state index in [-0.39, 0.29) is 17.6 Å². The standard InChI is InChI=1S/C13H15BrN2O2/c14-11-3-1-9(2-4-11)12(17)8-16-6-5-10(7-16)13(15)18/h1-4,10H,5-8H2,(H2,15,18). The molecule has 1 aliphatic heterocycles. The molecule has 0 spiro atoms. The van der Waals surface area contributed by atoms with Crippen LogP contribution in [0.1, 0.15) is 16.8 Å². The van der Waals surface area contributed by atoms with Crippen molar-refractivity contribution >= 4 is 27.6 Å². The zero-order chi connectivity index (χ0) is 13.1. The molecule has 0 bridgehead atoms. The minimum Gasteiger partial charge on any atom is -0.369 e. The summed E-state index contributed by atoms with van der Waals surface area (Å²) in [6, 6.07) is 7.30. The third kappa shape index (κ3) is 3.17. The lowest BCUT2D eigenvalue weighted by atomic mass is 10.1. The lowest BCUT2D eigenvalue weighted by Crippen LogP contribution is -2.31. The number of benzene rings is 1. The maximum absolute atomic E-state index is 12.0. The summed E-state index contributed by atoms with van der Waals surface area (Å²) in [5, 5.41) is 0. The van der Waals surface area contributed by atoms with Crippen LogP contribution in [0.3, 0.4) is 0 Å². The van der Waals surface area contributed by atoms with Crippen molar-refractivity contribution < 1.29 is 9.59 Å². The zero-order valence-corrected chi connectivity index (χ0v) is 11.5. The van der Waals surface area contributed by atoms with E-state index >= 15 is 0 Å². The molecule has 1 aliphatic rings. The highest BCUT2D eigenvalue weighted by atomic mass is 79.9. The van der Waals surface area contributed by atoms with Gasteiger partial charge in [0.1, 0.15) is 0 Å². The van der Waals surface area contributed by atoms with Crippen molar-refractivity contribution in [3.05, 3.63) is 34.3 Å². The second kappa shape index (κ2) is 5.63. The van der Waals surface area contributed by atoms with Gasteiger partial charge in [-0.15, -0.1) is 0 Å². The number of carbonyl (C=O) groups is 2. The van der Waals surface area contributed by atoms with Gasteiger partial charge in [-0.3, -0.25) is 14.5 Å². The maximum Gasteiger partial charge on any atom is 0.221 e. The number of hydrogen-bond acceptors (Lipinski definition) is 3. The predicted molar refractivity (Wildman–Crippen MR) is 72.2 cm³/mol. The van der Waals surface area contributed by atoms with Crippen LogP contribution in [-0.2, 0) is 4.79 Å². The van der Waals surface area contributed by atoms with E-state index in [1.54, 1.807) is 12.1 Å². The number of likely N-dealkylation sites (tertiary alicyclic amines) is 1. The number of rotatable bonds is 4. The number of amides is 1. The van der Waals surface area contributed by atoms with Gasteiger partial charge in [-0.25, -0.2) is 0 Å². The number of nitrogens with zero attached hydrogens (tertiary/aromatic N) is 1. The van der Waals surface area contributed by atoms with Gasteiger partial charge < -0.3 is 5.73 Å². The van der Waals surface area contributed by atoms with Gasteiger partial charge in [0.2, 0.25) is 5.91 Å². The fraction of sp³-hybridized carbons (Fsp3) is 0.385. The van der Waals surface area contributed by atoms with Crippen LogP contribution < -0.4 is 5.73 Å². The molecular weight excluding hydrogens is 296 g/mol. The summed E-state index contributed by atoms with van der Waals surface area (Å²) < 4.78 is 0.953. The van der Waals surface area contributed by atoms with Crippen LogP contribution in [0.4, 0.5) is 0 Å². The van der Waals surface area contributed by atoms with E-state index in [2.05, 4.69) is 15.9 Å². The Morgan fingerprint density at radius 2 is 2.00 bits per heavy atom. The van der Waals surface area contributed by atoms with Gasteiger partial charge in [-0.2, -0.15) is 0 Å². The molecule has 1 atom stereocenters. The van der Waals surface area contributed by atoms with E-state index in [1.807, 2.05) is 17.0 Å². The highest BCUT2D eigenvalue weighted by Gasteiger charge is 2.27. The molecule has 1 aromatic rings.